The largest absolute Gasteiger partial charge is 0.573 e. The van der Waals surface area contributed by atoms with Crippen molar-refractivity contribution in [3.05, 3.63) is 59.3 Å². The summed E-state index contributed by atoms with van der Waals surface area (Å²) >= 11 is 0. The van der Waals surface area contributed by atoms with E-state index < -0.39 is 24.0 Å². The molecule has 9 heteroatoms. The number of carbonyl (C=O) groups excluding carboxylic acids is 2. The summed E-state index contributed by atoms with van der Waals surface area (Å²) in [5.41, 5.74) is 1.85. The summed E-state index contributed by atoms with van der Waals surface area (Å²) in [6, 6.07) is 9.78. The lowest BCUT2D eigenvalue weighted by atomic mass is 10.1. The number of hydrogen-bond donors (Lipinski definition) is 0. The van der Waals surface area contributed by atoms with Gasteiger partial charge in [-0.15, -0.1) is 13.2 Å². The second-order valence-electron chi connectivity index (χ2n) is 7.06. The number of carbonyl (C=O) groups is 2. The van der Waals surface area contributed by atoms with Gasteiger partial charge in [0, 0.05) is 16.6 Å². The molecule has 170 valence electrons. The maximum atomic E-state index is 13.3. The van der Waals surface area contributed by atoms with Crippen LogP contribution in [0.4, 0.5) is 13.2 Å². The van der Waals surface area contributed by atoms with Gasteiger partial charge in [-0.3, -0.25) is 14.2 Å². The Labute approximate surface area is 182 Å². The monoisotopic (exact) mass is 449 g/mol. The summed E-state index contributed by atoms with van der Waals surface area (Å²) in [6.45, 7) is 3.89. The molecule has 6 nitrogen and oxygen atoms in total. The third kappa shape index (κ3) is 5.04. The number of nitrogens with zero attached hydrogens (tertiary/aromatic N) is 1. The molecule has 1 aromatic heterocycles. The summed E-state index contributed by atoms with van der Waals surface area (Å²) in [7, 11) is 1.51. The number of fused-ring (bicyclic) bond motifs is 1. The number of aromatic nitrogens is 1. The molecular formula is C23H22F3NO5. The predicted molar refractivity (Wildman–Crippen MR) is 111 cm³/mol. The molecule has 32 heavy (non-hydrogen) atoms. The SMILES string of the molecule is CCCOC(=O)Cc1c(C)n(C(=O)c2ccc(OC(F)(F)F)cc2)c2ccc(OC)cc12. The zero-order valence-electron chi connectivity index (χ0n) is 17.8. The van der Waals surface area contributed by atoms with Gasteiger partial charge in [-0.2, -0.15) is 0 Å². The van der Waals surface area contributed by atoms with E-state index in [9.17, 15) is 22.8 Å². The van der Waals surface area contributed by atoms with Crippen molar-refractivity contribution in [3.8, 4) is 11.5 Å². The maximum Gasteiger partial charge on any atom is 0.573 e. The minimum Gasteiger partial charge on any atom is -0.497 e. The Morgan fingerprint density at radius 3 is 2.28 bits per heavy atom. The third-order valence-corrected chi connectivity index (χ3v) is 4.87. The fraction of sp³-hybridized carbons (Fsp3) is 0.304. The van der Waals surface area contributed by atoms with E-state index in [0.29, 0.717) is 40.9 Å². The van der Waals surface area contributed by atoms with Gasteiger partial charge < -0.3 is 14.2 Å². The summed E-state index contributed by atoms with van der Waals surface area (Å²) in [6.07, 6.45) is -4.17. The first-order valence-electron chi connectivity index (χ1n) is 9.88. The van der Waals surface area contributed by atoms with Crippen LogP contribution in [-0.2, 0) is 16.0 Å². The van der Waals surface area contributed by atoms with E-state index in [-0.39, 0.29) is 12.0 Å². The van der Waals surface area contributed by atoms with Crippen LogP contribution in [0.5, 0.6) is 11.5 Å². The van der Waals surface area contributed by atoms with Crippen LogP contribution in [0.25, 0.3) is 10.9 Å². The van der Waals surface area contributed by atoms with Gasteiger partial charge in [0.2, 0.25) is 0 Å². The molecule has 2 aromatic carbocycles. The van der Waals surface area contributed by atoms with Crippen LogP contribution < -0.4 is 9.47 Å². The summed E-state index contributed by atoms with van der Waals surface area (Å²) in [5.74, 6) is -0.742. The fourth-order valence-electron chi connectivity index (χ4n) is 3.41. The molecule has 0 bridgehead atoms. The topological polar surface area (TPSA) is 66.8 Å². The Morgan fingerprint density at radius 1 is 1.03 bits per heavy atom. The fourth-order valence-corrected chi connectivity index (χ4v) is 3.41. The highest BCUT2D eigenvalue weighted by atomic mass is 19.4. The lowest BCUT2D eigenvalue weighted by molar-refractivity contribution is -0.274. The first-order valence-corrected chi connectivity index (χ1v) is 9.88. The Kier molecular flexibility index (Phi) is 6.76. The van der Waals surface area contributed by atoms with Crippen molar-refractivity contribution in [2.75, 3.05) is 13.7 Å². The number of esters is 1. The van der Waals surface area contributed by atoms with Gasteiger partial charge in [0.1, 0.15) is 11.5 Å². The van der Waals surface area contributed by atoms with Crippen LogP contribution in [0.2, 0.25) is 0 Å². The number of benzene rings is 2. The molecule has 0 radical (unpaired) electrons. The van der Waals surface area contributed by atoms with Crippen LogP contribution in [0.15, 0.2) is 42.5 Å². The van der Waals surface area contributed by atoms with Gasteiger partial charge in [-0.1, -0.05) is 6.92 Å². The maximum absolute atomic E-state index is 13.3. The first kappa shape index (κ1) is 23.2. The molecule has 0 saturated carbocycles. The van der Waals surface area contributed by atoms with Gasteiger partial charge in [0.25, 0.3) is 5.91 Å². The van der Waals surface area contributed by atoms with E-state index >= 15 is 0 Å². The molecule has 3 rings (SSSR count). The predicted octanol–water partition coefficient (Wildman–Crippen LogP) is 5.04. The highest BCUT2D eigenvalue weighted by Gasteiger charge is 2.31. The molecule has 1 heterocycles. The van der Waals surface area contributed by atoms with Crippen LogP contribution >= 0.6 is 0 Å². The lowest BCUT2D eigenvalue weighted by Gasteiger charge is -2.11. The van der Waals surface area contributed by atoms with E-state index in [0.717, 1.165) is 12.1 Å². The first-order chi connectivity index (χ1) is 15.1. The second kappa shape index (κ2) is 9.33. The molecule has 0 aliphatic heterocycles. The Balaban J connectivity index is 2.03. The Bertz CT molecular complexity index is 1130. The number of rotatable bonds is 7. The zero-order valence-corrected chi connectivity index (χ0v) is 17.8. The zero-order chi connectivity index (χ0) is 23.5. The smallest absolute Gasteiger partial charge is 0.497 e. The molecule has 0 unspecified atom stereocenters. The molecule has 0 aliphatic carbocycles. The molecule has 0 amide bonds. The Hall–Kier alpha value is -3.49. The number of halogens is 3. The number of methoxy groups -OCH3 is 1. The molecule has 0 atom stereocenters. The van der Waals surface area contributed by atoms with Crippen molar-refractivity contribution < 1.29 is 37.0 Å². The second-order valence-corrected chi connectivity index (χ2v) is 7.06. The normalized spacial score (nSPS) is 11.4. The molecule has 0 spiro atoms. The van der Waals surface area contributed by atoms with Crippen molar-refractivity contribution in [2.45, 2.75) is 33.1 Å². The standard InChI is InChI=1S/C23H22F3NO5/c1-4-11-31-21(28)13-18-14(2)27(20-10-9-17(30-3)12-19(18)20)22(29)15-5-7-16(8-6-15)32-23(24,25)26/h5-10,12H,4,11,13H2,1-3H3. The van der Waals surface area contributed by atoms with Crippen molar-refractivity contribution in [1.29, 1.82) is 0 Å². The van der Waals surface area contributed by atoms with E-state index in [4.69, 9.17) is 9.47 Å². The number of hydrogen-bond acceptors (Lipinski definition) is 5. The molecule has 0 aliphatic rings. The van der Waals surface area contributed by atoms with Crippen LogP contribution in [0.1, 0.15) is 35.0 Å². The highest BCUT2D eigenvalue weighted by molar-refractivity contribution is 6.05. The van der Waals surface area contributed by atoms with E-state index in [1.165, 1.54) is 23.8 Å². The highest BCUT2D eigenvalue weighted by Crippen LogP contribution is 2.31. The van der Waals surface area contributed by atoms with Gasteiger partial charge in [0.15, 0.2) is 0 Å². The quantitative estimate of drug-likeness (QED) is 0.473. The summed E-state index contributed by atoms with van der Waals surface area (Å²) in [4.78, 5) is 25.5. The van der Waals surface area contributed by atoms with Crippen LogP contribution in [0, 0.1) is 6.92 Å². The Morgan fingerprint density at radius 2 is 1.69 bits per heavy atom. The third-order valence-electron chi connectivity index (χ3n) is 4.87. The summed E-state index contributed by atoms with van der Waals surface area (Å²) in [5, 5.41) is 0.653. The average molecular weight is 449 g/mol. The van der Waals surface area contributed by atoms with Gasteiger partial charge in [-0.05, 0) is 61.4 Å². The molecule has 0 N–H and O–H groups in total. The molecule has 3 aromatic rings. The van der Waals surface area contributed by atoms with Gasteiger partial charge in [0.05, 0.1) is 25.7 Å². The van der Waals surface area contributed by atoms with E-state index in [1.54, 1.807) is 25.1 Å². The summed E-state index contributed by atoms with van der Waals surface area (Å²) < 4.78 is 53.0. The number of alkyl halides is 3. The minimum absolute atomic E-state index is 0.0336. The minimum atomic E-state index is -4.82. The van der Waals surface area contributed by atoms with E-state index in [2.05, 4.69) is 4.74 Å². The van der Waals surface area contributed by atoms with Crippen molar-refractivity contribution in [3.63, 3.8) is 0 Å². The van der Waals surface area contributed by atoms with Crippen LogP contribution in [0.3, 0.4) is 0 Å². The van der Waals surface area contributed by atoms with Crippen molar-refractivity contribution in [1.82, 2.24) is 4.57 Å². The van der Waals surface area contributed by atoms with Gasteiger partial charge in [-0.25, -0.2) is 0 Å². The van der Waals surface area contributed by atoms with Crippen molar-refractivity contribution in [2.24, 2.45) is 0 Å². The van der Waals surface area contributed by atoms with E-state index in [1.807, 2.05) is 6.92 Å². The van der Waals surface area contributed by atoms with Crippen molar-refractivity contribution >= 4 is 22.8 Å². The van der Waals surface area contributed by atoms with Gasteiger partial charge >= 0.3 is 12.3 Å². The molecule has 0 fully saturated rings. The lowest BCUT2D eigenvalue weighted by Crippen LogP contribution is -2.17. The van der Waals surface area contributed by atoms with Crippen LogP contribution in [-0.4, -0.2) is 36.5 Å². The molecule has 0 saturated heterocycles. The molecular weight excluding hydrogens is 427 g/mol. The number of ether oxygens (including phenoxy) is 3. The average Bonchev–Trinajstić information content (AvgIpc) is 3.01.